The van der Waals surface area contributed by atoms with Crippen molar-refractivity contribution in [2.45, 2.75) is 13.5 Å². The summed E-state index contributed by atoms with van der Waals surface area (Å²) < 4.78 is 5.81. The van der Waals surface area contributed by atoms with Gasteiger partial charge >= 0.3 is 6.09 Å². The Balaban J connectivity index is 2.20. The molecule has 0 aliphatic heterocycles. The molecule has 0 bridgehead atoms. The Morgan fingerprint density at radius 1 is 1.41 bits per heavy atom. The van der Waals surface area contributed by atoms with Crippen LogP contribution in [0.15, 0.2) is 30.3 Å². The van der Waals surface area contributed by atoms with Gasteiger partial charge in [0.2, 0.25) is 0 Å². The quantitative estimate of drug-likeness (QED) is 0.834. The van der Waals surface area contributed by atoms with Crippen LogP contribution in [0.1, 0.15) is 12.5 Å². The Labute approximate surface area is 111 Å². The van der Waals surface area contributed by atoms with E-state index in [4.69, 9.17) is 17.0 Å². The molecule has 0 saturated heterocycles. The van der Waals surface area contributed by atoms with Crippen LogP contribution in [0.5, 0.6) is 0 Å². The highest BCUT2D eigenvalue weighted by Crippen LogP contribution is 2.03. The maximum absolute atomic E-state index is 11.3. The van der Waals surface area contributed by atoms with Crippen LogP contribution < -0.4 is 5.32 Å². The molecule has 0 heterocycles. The first-order valence-electron chi connectivity index (χ1n) is 5.32. The standard InChI is InChI=1S/C12H15NO2S2/c1-2-17-11(16)8-13-12(14)15-9-10-6-4-3-5-7-10/h3-7H,2,8-9H2,1H3,(H,13,14). The third kappa shape index (κ3) is 6.28. The van der Waals surface area contributed by atoms with Gasteiger partial charge in [0, 0.05) is 0 Å². The van der Waals surface area contributed by atoms with Crippen LogP contribution in [0.2, 0.25) is 0 Å². The molecule has 0 aliphatic carbocycles. The van der Waals surface area contributed by atoms with E-state index in [1.807, 2.05) is 37.3 Å². The Hall–Kier alpha value is -1.07. The number of thiocarbonyl (C=S) groups is 1. The van der Waals surface area contributed by atoms with Gasteiger partial charge in [-0.3, -0.25) is 0 Å². The molecule has 1 rings (SSSR count). The number of alkyl carbamates (subject to hydrolysis) is 1. The van der Waals surface area contributed by atoms with Crippen LogP contribution in [0.3, 0.4) is 0 Å². The molecule has 0 aromatic heterocycles. The number of carbonyl (C=O) groups is 1. The summed E-state index contributed by atoms with van der Waals surface area (Å²) in [6.45, 7) is 2.67. The van der Waals surface area contributed by atoms with Gasteiger partial charge in [0.1, 0.15) is 6.61 Å². The van der Waals surface area contributed by atoms with E-state index < -0.39 is 6.09 Å². The summed E-state index contributed by atoms with van der Waals surface area (Å²) in [4.78, 5) is 11.3. The second-order valence-corrected chi connectivity index (χ2v) is 5.33. The zero-order valence-electron chi connectivity index (χ0n) is 9.64. The number of ether oxygens (including phenoxy) is 1. The fraction of sp³-hybridized carbons (Fsp3) is 0.333. The summed E-state index contributed by atoms with van der Waals surface area (Å²) in [7, 11) is 0. The van der Waals surface area contributed by atoms with Crippen LogP contribution in [-0.4, -0.2) is 22.6 Å². The molecule has 0 aliphatic rings. The van der Waals surface area contributed by atoms with Crippen molar-refractivity contribution in [1.29, 1.82) is 0 Å². The lowest BCUT2D eigenvalue weighted by Gasteiger charge is -2.07. The first-order chi connectivity index (χ1) is 8.22. The SMILES string of the molecule is CCSC(=S)CNC(=O)OCc1ccccc1. The first kappa shape index (κ1) is 14.0. The summed E-state index contributed by atoms with van der Waals surface area (Å²) in [5.74, 6) is 0.916. The average molecular weight is 269 g/mol. The van der Waals surface area contributed by atoms with Gasteiger partial charge in [-0.2, -0.15) is 0 Å². The molecule has 0 unspecified atom stereocenters. The first-order valence-corrected chi connectivity index (χ1v) is 6.72. The van der Waals surface area contributed by atoms with E-state index in [2.05, 4.69) is 5.32 Å². The van der Waals surface area contributed by atoms with E-state index in [-0.39, 0.29) is 6.61 Å². The van der Waals surface area contributed by atoms with Crippen molar-refractivity contribution >= 4 is 34.3 Å². The van der Waals surface area contributed by atoms with Gasteiger partial charge in [-0.05, 0) is 11.3 Å². The molecule has 1 N–H and O–H groups in total. The fourth-order valence-electron chi connectivity index (χ4n) is 1.13. The van der Waals surface area contributed by atoms with Crippen molar-refractivity contribution in [1.82, 2.24) is 5.32 Å². The molecular formula is C12H15NO2S2. The predicted molar refractivity (Wildman–Crippen MR) is 75.4 cm³/mol. The molecule has 0 radical (unpaired) electrons. The van der Waals surface area contributed by atoms with Crippen LogP contribution in [-0.2, 0) is 11.3 Å². The Morgan fingerprint density at radius 2 is 2.12 bits per heavy atom. The molecule has 92 valence electrons. The maximum atomic E-state index is 11.3. The average Bonchev–Trinajstić information content (AvgIpc) is 2.35. The number of rotatable bonds is 5. The number of thioether (sulfide) groups is 1. The van der Waals surface area contributed by atoms with Crippen LogP contribution in [0, 0.1) is 0 Å². The molecule has 1 aromatic carbocycles. The van der Waals surface area contributed by atoms with Crippen molar-refractivity contribution in [3.63, 3.8) is 0 Å². The Bertz CT molecular complexity index is 368. The highest BCUT2D eigenvalue weighted by atomic mass is 32.2. The molecule has 0 spiro atoms. The maximum Gasteiger partial charge on any atom is 0.407 e. The van der Waals surface area contributed by atoms with Crippen molar-refractivity contribution in [2.75, 3.05) is 12.3 Å². The number of amides is 1. The van der Waals surface area contributed by atoms with E-state index in [1.165, 1.54) is 0 Å². The van der Waals surface area contributed by atoms with Crippen molar-refractivity contribution in [3.05, 3.63) is 35.9 Å². The van der Waals surface area contributed by atoms with Crippen molar-refractivity contribution in [2.24, 2.45) is 0 Å². The molecule has 0 atom stereocenters. The summed E-state index contributed by atoms with van der Waals surface area (Å²) in [6.07, 6.45) is -0.437. The van der Waals surface area contributed by atoms with E-state index in [0.717, 1.165) is 15.5 Å². The Kier molecular flexibility index (Phi) is 6.65. The molecule has 1 amide bonds. The van der Waals surface area contributed by atoms with Gasteiger partial charge in [0.15, 0.2) is 0 Å². The zero-order chi connectivity index (χ0) is 12.5. The lowest BCUT2D eigenvalue weighted by Crippen LogP contribution is -2.28. The lowest BCUT2D eigenvalue weighted by molar-refractivity contribution is 0.141. The smallest absolute Gasteiger partial charge is 0.407 e. The minimum Gasteiger partial charge on any atom is -0.445 e. The molecule has 5 heteroatoms. The van der Waals surface area contributed by atoms with Gasteiger partial charge in [-0.25, -0.2) is 4.79 Å². The minimum absolute atomic E-state index is 0.278. The van der Waals surface area contributed by atoms with Crippen LogP contribution in [0.25, 0.3) is 0 Å². The summed E-state index contributed by atoms with van der Waals surface area (Å²) in [6, 6.07) is 9.55. The Morgan fingerprint density at radius 3 is 2.76 bits per heavy atom. The summed E-state index contributed by atoms with van der Waals surface area (Å²) in [5, 5.41) is 2.61. The van der Waals surface area contributed by atoms with Crippen LogP contribution >= 0.6 is 24.0 Å². The number of hydrogen-bond donors (Lipinski definition) is 1. The van der Waals surface area contributed by atoms with E-state index in [9.17, 15) is 4.79 Å². The molecule has 0 saturated carbocycles. The zero-order valence-corrected chi connectivity index (χ0v) is 11.3. The van der Waals surface area contributed by atoms with Gasteiger partial charge < -0.3 is 10.1 Å². The number of hydrogen-bond acceptors (Lipinski definition) is 4. The molecule has 17 heavy (non-hydrogen) atoms. The van der Waals surface area contributed by atoms with Crippen LogP contribution in [0.4, 0.5) is 4.79 Å². The van der Waals surface area contributed by atoms with Gasteiger partial charge in [-0.1, -0.05) is 49.5 Å². The summed E-state index contributed by atoms with van der Waals surface area (Å²) >= 11 is 6.59. The number of nitrogens with one attached hydrogen (secondary N) is 1. The largest absolute Gasteiger partial charge is 0.445 e. The lowest BCUT2D eigenvalue weighted by atomic mass is 10.2. The second-order valence-electron chi connectivity index (χ2n) is 3.22. The van der Waals surface area contributed by atoms with Gasteiger partial charge in [-0.15, -0.1) is 11.8 Å². The van der Waals surface area contributed by atoms with Crippen molar-refractivity contribution < 1.29 is 9.53 Å². The number of carbonyl (C=O) groups excluding carboxylic acids is 1. The molecule has 1 aromatic rings. The van der Waals surface area contributed by atoms with E-state index >= 15 is 0 Å². The second kappa shape index (κ2) is 8.08. The minimum atomic E-state index is -0.437. The normalized spacial score (nSPS) is 9.71. The monoisotopic (exact) mass is 269 g/mol. The third-order valence-corrected chi connectivity index (χ3v) is 3.15. The molecule has 0 fully saturated rings. The fourth-order valence-corrected chi connectivity index (χ4v) is 2.05. The highest BCUT2D eigenvalue weighted by Gasteiger charge is 2.03. The summed E-state index contributed by atoms with van der Waals surface area (Å²) in [5.41, 5.74) is 0.966. The van der Waals surface area contributed by atoms with E-state index in [0.29, 0.717) is 6.54 Å². The van der Waals surface area contributed by atoms with E-state index in [1.54, 1.807) is 11.8 Å². The molecular weight excluding hydrogens is 254 g/mol. The predicted octanol–water partition coefficient (Wildman–Crippen LogP) is 2.99. The topological polar surface area (TPSA) is 38.3 Å². The molecule has 3 nitrogen and oxygen atoms in total. The highest BCUT2D eigenvalue weighted by molar-refractivity contribution is 8.23. The van der Waals surface area contributed by atoms with Gasteiger partial charge in [0.05, 0.1) is 10.7 Å². The third-order valence-electron chi connectivity index (χ3n) is 1.90. The van der Waals surface area contributed by atoms with Crippen molar-refractivity contribution in [3.8, 4) is 0 Å². The number of benzene rings is 1. The van der Waals surface area contributed by atoms with Gasteiger partial charge in [0.25, 0.3) is 0 Å².